The molecule has 3 heterocycles. The highest BCUT2D eigenvalue weighted by molar-refractivity contribution is 5.95. The number of aryl methyl sites for hydroxylation is 1. The Hall–Kier alpha value is -5.06. The molecule has 5 aromatic rings. The van der Waals surface area contributed by atoms with E-state index < -0.39 is 5.97 Å². The number of aromatic amines is 1. The summed E-state index contributed by atoms with van der Waals surface area (Å²) in [4.78, 5) is 45.5. The smallest absolute Gasteiger partial charge is 0.337 e. The third-order valence-electron chi connectivity index (χ3n) is 6.02. The van der Waals surface area contributed by atoms with Gasteiger partial charge in [-0.25, -0.2) is 19.3 Å². The Labute approximate surface area is 210 Å². The summed E-state index contributed by atoms with van der Waals surface area (Å²) in [5.74, 6) is -0.630. The van der Waals surface area contributed by atoms with Crippen LogP contribution in [0.5, 0.6) is 0 Å². The molecule has 37 heavy (non-hydrogen) atoms. The van der Waals surface area contributed by atoms with Gasteiger partial charge in [0.1, 0.15) is 5.69 Å². The van der Waals surface area contributed by atoms with E-state index in [9.17, 15) is 14.4 Å². The number of ether oxygens (including phenoxy) is 1. The molecule has 0 spiro atoms. The number of rotatable bonds is 6. The Morgan fingerprint density at radius 3 is 2.65 bits per heavy atom. The Morgan fingerprint density at radius 1 is 1.05 bits per heavy atom. The number of methoxy groups -OCH3 is 1. The van der Waals surface area contributed by atoms with E-state index in [-0.39, 0.29) is 18.1 Å². The highest BCUT2D eigenvalue weighted by atomic mass is 16.5. The molecule has 0 saturated heterocycles. The van der Waals surface area contributed by atoms with Crippen molar-refractivity contribution in [2.75, 3.05) is 14.2 Å². The lowest BCUT2D eigenvalue weighted by atomic mass is 10.0. The molecule has 0 saturated carbocycles. The van der Waals surface area contributed by atoms with Crippen LogP contribution >= 0.6 is 0 Å². The Kier molecular flexibility index (Phi) is 6.10. The number of amides is 1. The van der Waals surface area contributed by atoms with E-state index in [2.05, 4.69) is 20.3 Å². The second kappa shape index (κ2) is 9.53. The third kappa shape index (κ3) is 4.61. The molecular formula is C26H23N7O4. The molecule has 0 aliphatic rings. The van der Waals surface area contributed by atoms with Crippen molar-refractivity contribution < 1.29 is 14.3 Å². The SMILES string of the molecule is COC(=O)c1cccc(-n2cc(CN(C)C(=O)c3cccc(-c4cnc5[nH]c(=O)n(C)c5c4)c3)nn2)c1. The van der Waals surface area contributed by atoms with Gasteiger partial charge in [0.05, 0.1) is 36.6 Å². The predicted molar refractivity (Wildman–Crippen MR) is 135 cm³/mol. The Balaban J connectivity index is 1.33. The van der Waals surface area contributed by atoms with Gasteiger partial charge in [0.25, 0.3) is 5.91 Å². The maximum absolute atomic E-state index is 13.2. The lowest BCUT2D eigenvalue weighted by molar-refractivity contribution is 0.0600. The van der Waals surface area contributed by atoms with E-state index in [0.717, 1.165) is 11.1 Å². The summed E-state index contributed by atoms with van der Waals surface area (Å²) in [5.41, 5.74) is 4.67. The number of carbonyl (C=O) groups is 2. The summed E-state index contributed by atoms with van der Waals surface area (Å²) < 4.78 is 7.80. The van der Waals surface area contributed by atoms with Crippen LogP contribution in [0.3, 0.4) is 0 Å². The molecule has 1 amide bonds. The standard InChI is InChI=1S/C26H23N7O4/c1-31(14-20-15-33(30-29-20)21-9-5-8-18(11-21)25(35)37-3)24(34)17-7-4-6-16(10-17)19-12-22-23(27-13-19)28-26(36)32(22)2/h4-13,15H,14H2,1-3H3,(H,27,28,36). The van der Waals surface area contributed by atoms with Crippen LogP contribution in [0.4, 0.5) is 0 Å². The number of imidazole rings is 1. The van der Waals surface area contributed by atoms with Gasteiger partial charge in [0, 0.05) is 31.4 Å². The number of pyridine rings is 1. The first-order valence-corrected chi connectivity index (χ1v) is 11.3. The van der Waals surface area contributed by atoms with Gasteiger partial charge >= 0.3 is 11.7 Å². The van der Waals surface area contributed by atoms with Gasteiger partial charge in [-0.15, -0.1) is 5.10 Å². The van der Waals surface area contributed by atoms with E-state index in [4.69, 9.17) is 4.74 Å². The van der Waals surface area contributed by atoms with E-state index in [1.54, 1.807) is 73.9 Å². The summed E-state index contributed by atoms with van der Waals surface area (Å²) in [6.07, 6.45) is 3.37. The normalized spacial score (nSPS) is 11.0. The zero-order valence-corrected chi connectivity index (χ0v) is 20.4. The fraction of sp³-hybridized carbons (Fsp3) is 0.154. The average molecular weight is 498 g/mol. The number of H-pyrrole nitrogens is 1. The highest BCUT2D eigenvalue weighted by Gasteiger charge is 2.16. The molecule has 0 atom stereocenters. The monoisotopic (exact) mass is 497 g/mol. The molecule has 3 aromatic heterocycles. The van der Waals surface area contributed by atoms with Crippen LogP contribution in [-0.2, 0) is 18.3 Å². The fourth-order valence-electron chi connectivity index (χ4n) is 4.01. The first kappa shape index (κ1) is 23.7. The zero-order chi connectivity index (χ0) is 26.1. The summed E-state index contributed by atoms with van der Waals surface area (Å²) >= 11 is 0. The zero-order valence-electron chi connectivity index (χ0n) is 20.4. The predicted octanol–water partition coefficient (Wildman–Crippen LogP) is 2.57. The van der Waals surface area contributed by atoms with Crippen molar-refractivity contribution >= 4 is 23.0 Å². The van der Waals surface area contributed by atoms with Crippen molar-refractivity contribution in [3.63, 3.8) is 0 Å². The highest BCUT2D eigenvalue weighted by Crippen LogP contribution is 2.23. The second-order valence-corrected chi connectivity index (χ2v) is 8.52. The first-order chi connectivity index (χ1) is 17.8. The number of hydrogen-bond acceptors (Lipinski definition) is 7. The maximum atomic E-state index is 13.2. The quantitative estimate of drug-likeness (QED) is 0.357. The van der Waals surface area contributed by atoms with Crippen LogP contribution in [0.15, 0.2) is 71.8 Å². The molecule has 11 nitrogen and oxygen atoms in total. The molecule has 11 heteroatoms. The summed E-state index contributed by atoms with van der Waals surface area (Å²) in [6.45, 7) is 0.235. The van der Waals surface area contributed by atoms with Crippen LogP contribution in [-0.4, -0.2) is 60.5 Å². The molecule has 0 aliphatic carbocycles. The minimum atomic E-state index is -0.442. The molecule has 0 bridgehead atoms. The second-order valence-electron chi connectivity index (χ2n) is 8.52. The number of nitrogens with one attached hydrogen (secondary N) is 1. The van der Waals surface area contributed by atoms with Crippen LogP contribution in [0.1, 0.15) is 26.4 Å². The molecule has 0 unspecified atom stereocenters. The number of fused-ring (bicyclic) bond motifs is 1. The Bertz CT molecular complexity index is 1700. The summed E-state index contributed by atoms with van der Waals surface area (Å²) in [7, 11) is 4.69. The first-order valence-electron chi connectivity index (χ1n) is 11.3. The minimum absolute atomic E-state index is 0.188. The molecule has 0 fully saturated rings. The van der Waals surface area contributed by atoms with Crippen molar-refractivity contribution in [2.24, 2.45) is 7.05 Å². The molecule has 0 radical (unpaired) electrons. The summed E-state index contributed by atoms with van der Waals surface area (Å²) in [6, 6.07) is 15.9. The topological polar surface area (TPSA) is 128 Å². The third-order valence-corrected chi connectivity index (χ3v) is 6.02. The summed E-state index contributed by atoms with van der Waals surface area (Å²) in [5, 5.41) is 8.30. The van der Waals surface area contributed by atoms with Crippen molar-refractivity contribution in [3.05, 3.63) is 94.3 Å². The van der Waals surface area contributed by atoms with Crippen LogP contribution in [0, 0.1) is 0 Å². The molecular weight excluding hydrogens is 474 g/mol. The molecule has 5 rings (SSSR count). The largest absolute Gasteiger partial charge is 0.465 e. The van der Waals surface area contributed by atoms with Gasteiger partial charge in [-0.3, -0.25) is 14.3 Å². The van der Waals surface area contributed by atoms with Crippen molar-refractivity contribution in [3.8, 4) is 16.8 Å². The van der Waals surface area contributed by atoms with Gasteiger partial charge in [-0.2, -0.15) is 0 Å². The number of esters is 1. The minimum Gasteiger partial charge on any atom is -0.465 e. The van der Waals surface area contributed by atoms with Gasteiger partial charge in [0.15, 0.2) is 5.65 Å². The van der Waals surface area contributed by atoms with Gasteiger partial charge in [0.2, 0.25) is 0 Å². The molecule has 2 aromatic carbocycles. The number of benzene rings is 2. The maximum Gasteiger partial charge on any atom is 0.337 e. The van der Waals surface area contributed by atoms with E-state index in [0.29, 0.717) is 33.7 Å². The fourth-order valence-corrected chi connectivity index (χ4v) is 4.01. The molecule has 186 valence electrons. The van der Waals surface area contributed by atoms with Crippen LogP contribution in [0.2, 0.25) is 0 Å². The number of carbonyl (C=O) groups excluding carboxylic acids is 2. The number of aromatic nitrogens is 6. The van der Waals surface area contributed by atoms with Crippen LogP contribution in [0.25, 0.3) is 28.0 Å². The van der Waals surface area contributed by atoms with Crippen molar-refractivity contribution in [1.29, 1.82) is 0 Å². The number of nitrogens with zero attached hydrogens (tertiary/aromatic N) is 6. The lowest BCUT2D eigenvalue weighted by Gasteiger charge is -2.16. The van der Waals surface area contributed by atoms with Gasteiger partial charge < -0.3 is 9.64 Å². The average Bonchev–Trinajstić information content (AvgIpc) is 3.51. The van der Waals surface area contributed by atoms with E-state index in [1.807, 2.05) is 12.1 Å². The molecule has 0 aliphatic heterocycles. The van der Waals surface area contributed by atoms with Gasteiger partial charge in [-0.1, -0.05) is 23.4 Å². The van der Waals surface area contributed by atoms with Crippen LogP contribution < -0.4 is 5.69 Å². The molecule has 1 N–H and O–H groups in total. The van der Waals surface area contributed by atoms with Gasteiger partial charge in [-0.05, 0) is 42.0 Å². The lowest BCUT2D eigenvalue weighted by Crippen LogP contribution is -2.26. The Morgan fingerprint density at radius 2 is 1.84 bits per heavy atom. The van der Waals surface area contributed by atoms with Crippen molar-refractivity contribution in [2.45, 2.75) is 6.54 Å². The van der Waals surface area contributed by atoms with E-state index in [1.165, 1.54) is 16.4 Å². The van der Waals surface area contributed by atoms with Crippen molar-refractivity contribution in [1.82, 2.24) is 34.4 Å². The number of hydrogen-bond donors (Lipinski definition) is 1. The van der Waals surface area contributed by atoms with E-state index >= 15 is 0 Å².